The molecule has 1 aliphatic rings. The molecule has 0 saturated carbocycles. The fourth-order valence-electron chi connectivity index (χ4n) is 4.01. The van der Waals surface area contributed by atoms with Crippen LogP contribution >= 0.6 is 35.4 Å². The Kier molecular flexibility index (Phi) is 5.98. The summed E-state index contributed by atoms with van der Waals surface area (Å²) in [4.78, 5) is 6.61. The summed E-state index contributed by atoms with van der Waals surface area (Å²) in [6.45, 7) is 0. The second-order valence-electron chi connectivity index (χ2n) is 7.52. The van der Waals surface area contributed by atoms with E-state index in [-0.39, 0.29) is 12.1 Å². The normalized spacial score (nSPS) is 17.8. The molecule has 0 bridgehead atoms. The van der Waals surface area contributed by atoms with Gasteiger partial charge in [-0.05, 0) is 78.9 Å². The van der Waals surface area contributed by atoms with Crippen molar-refractivity contribution in [3.8, 4) is 17.1 Å². The Balaban J connectivity index is 1.59. The van der Waals surface area contributed by atoms with Gasteiger partial charge in [0.1, 0.15) is 23.3 Å². The van der Waals surface area contributed by atoms with Crippen molar-refractivity contribution in [2.75, 3.05) is 12.0 Å². The Labute approximate surface area is 206 Å². The summed E-state index contributed by atoms with van der Waals surface area (Å²) in [6, 6.07) is 22.3. The average Bonchev–Trinajstić information content (AvgIpc) is 3.44. The molecule has 4 aromatic rings. The van der Waals surface area contributed by atoms with Crippen molar-refractivity contribution >= 4 is 46.2 Å². The zero-order chi connectivity index (χ0) is 22.9. The van der Waals surface area contributed by atoms with E-state index in [9.17, 15) is 0 Å². The van der Waals surface area contributed by atoms with Gasteiger partial charge in [-0.1, -0.05) is 29.3 Å². The summed E-state index contributed by atoms with van der Waals surface area (Å²) in [5.41, 5.74) is 2.55. The van der Waals surface area contributed by atoms with Gasteiger partial charge in [-0.2, -0.15) is 0 Å². The van der Waals surface area contributed by atoms with Gasteiger partial charge in [0.25, 0.3) is 0 Å². The number of rotatable bonds is 5. The summed E-state index contributed by atoms with van der Waals surface area (Å²) < 4.78 is 11.7. The van der Waals surface area contributed by atoms with E-state index in [0.29, 0.717) is 20.9 Å². The Morgan fingerprint density at radius 3 is 2.55 bits per heavy atom. The van der Waals surface area contributed by atoms with Crippen LogP contribution in [-0.4, -0.2) is 17.2 Å². The van der Waals surface area contributed by atoms with E-state index in [2.05, 4.69) is 10.3 Å². The minimum absolute atomic E-state index is 0.208. The van der Waals surface area contributed by atoms with E-state index in [1.807, 2.05) is 65.6 Å². The Morgan fingerprint density at radius 2 is 1.85 bits per heavy atom. The van der Waals surface area contributed by atoms with E-state index in [4.69, 9.17) is 44.6 Å². The molecule has 0 radical (unpaired) electrons. The zero-order valence-corrected chi connectivity index (χ0v) is 19.9. The van der Waals surface area contributed by atoms with Gasteiger partial charge in [-0.3, -0.25) is 4.98 Å². The number of anilines is 1. The van der Waals surface area contributed by atoms with Crippen molar-refractivity contribution in [1.82, 2.24) is 10.3 Å². The maximum Gasteiger partial charge on any atom is 0.174 e. The van der Waals surface area contributed by atoms with Gasteiger partial charge in [-0.15, -0.1) is 0 Å². The molecule has 2 unspecified atom stereocenters. The standard InChI is InChI=1S/C25H19Cl2N3O2S/c1-31-17-8-6-16(7-9-17)30-24(23(29-25(30)33)20-4-2-3-13-28-20)22-12-11-21(32-22)18-10-5-15(26)14-19(18)27/h2-14,23-24H,1H3,(H,29,33). The predicted octanol–water partition coefficient (Wildman–Crippen LogP) is 6.83. The first-order chi connectivity index (χ1) is 16.0. The van der Waals surface area contributed by atoms with Crippen LogP contribution in [0.15, 0.2) is 83.4 Å². The van der Waals surface area contributed by atoms with Gasteiger partial charge in [-0.25, -0.2) is 0 Å². The third-order valence-electron chi connectivity index (χ3n) is 5.56. The molecule has 1 N–H and O–H groups in total. The molecule has 8 heteroatoms. The van der Waals surface area contributed by atoms with Crippen LogP contribution in [0, 0.1) is 0 Å². The number of thiocarbonyl (C=S) groups is 1. The first kappa shape index (κ1) is 21.8. The number of ether oxygens (including phenoxy) is 1. The third kappa shape index (κ3) is 4.17. The lowest BCUT2D eigenvalue weighted by molar-refractivity contribution is 0.414. The fourth-order valence-corrected chi connectivity index (χ4v) is 4.86. The molecule has 1 fully saturated rings. The van der Waals surface area contributed by atoms with Gasteiger partial charge < -0.3 is 19.4 Å². The summed E-state index contributed by atoms with van der Waals surface area (Å²) >= 11 is 18.2. The minimum Gasteiger partial charge on any atom is -0.497 e. The number of furan rings is 1. The van der Waals surface area contributed by atoms with Crippen LogP contribution in [0.5, 0.6) is 5.75 Å². The molecule has 0 spiro atoms. The number of pyridine rings is 1. The van der Waals surface area contributed by atoms with Gasteiger partial charge in [0, 0.05) is 22.5 Å². The van der Waals surface area contributed by atoms with Crippen LogP contribution in [0.25, 0.3) is 11.3 Å². The molecule has 2 aromatic carbocycles. The van der Waals surface area contributed by atoms with Crippen molar-refractivity contribution in [2.45, 2.75) is 12.1 Å². The first-order valence-corrected chi connectivity index (χ1v) is 11.4. The van der Waals surface area contributed by atoms with Crippen LogP contribution < -0.4 is 15.0 Å². The smallest absolute Gasteiger partial charge is 0.174 e. The molecule has 5 rings (SSSR count). The molecule has 1 aliphatic heterocycles. The maximum atomic E-state index is 6.42. The molecule has 2 atom stereocenters. The van der Waals surface area contributed by atoms with Crippen LogP contribution in [0.2, 0.25) is 10.0 Å². The molecule has 0 aliphatic carbocycles. The zero-order valence-electron chi connectivity index (χ0n) is 17.5. The van der Waals surface area contributed by atoms with Gasteiger partial charge in [0.15, 0.2) is 5.11 Å². The van der Waals surface area contributed by atoms with Crippen molar-refractivity contribution < 1.29 is 9.15 Å². The number of aromatic nitrogens is 1. The summed E-state index contributed by atoms with van der Waals surface area (Å²) in [5.74, 6) is 2.15. The SMILES string of the molecule is COc1ccc(N2C(=S)NC(c3ccccn3)C2c2ccc(-c3ccc(Cl)cc3Cl)o2)cc1. The van der Waals surface area contributed by atoms with Crippen LogP contribution in [0.4, 0.5) is 5.69 Å². The molecule has 2 aromatic heterocycles. The molecule has 5 nitrogen and oxygen atoms in total. The van der Waals surface area contributed by atoms with Crippen molar-refractivity contribution in [3.63, 3.8) is 0 Å². The number of nitrogens with one attached hydrogen (secondary N) is 1. The van der Waals surface area contributed by atoms with Crippen LogP contribution in [0.1, 0.15) is 23.5 Å². The Hall–Kier alpha value is -3.06. The summed E-state index contributed by atoms with van der Waals surface area (Å²) in [5, 5.41) is 5.11. The Morgan fingerprint density at radius 1 is 1.03 bits per heavy atom. The predicted molar refractivity (Wildman–Crippen MR) is 135 cm³/mol. The Bertz CT molecular complexity index is 1290. The number of methoxy groups -OCH3 is 1. The van der Waals surface area contributed by atoms with E-state index in [1.165, 1.54) is 0 Å². The number of hydrogen-bond acceptors (Lipinski definition) is 4. The van der Waals surface area contributed by atoms with E-state index >= 15 is 0 Å². The second kappa shape index (κ2) is 9.06. The van der Waals surface area contributed by atoms with E-state index in [1.54, 1.807) is 25.4 Å². The largest absolute Gasteiger partial charge is 0.497 e. The van der Waals surface area contributed by atoms with E-state index in [0.717, 1.165) is 28.5 Å². The number of halogens is 2. The second-order valence-corrected chi connectivity index (χ2v) is 8.75. The topological polar surface area (TPSA) is 50.5 Å². The highest BCUT2D eigenvalue weighted by atomic mass is 35.5. The maximum absolute atomic E-state index is 6.42. The average molecular weight is 496 g/mol. The lowest BCUT2D eigenvalue weighted by Gasteiger charge is -2.26. The summed E-state index contributed by atoms with van der Waals surface area (Å²) in [7, 11) is 1.64. The van der Waals surface area contributed by atoms with Gasteiger partial charge >= 0.3 is 0 Å². The summed E-state index contributed by atoms with van der Waals surface area (Å²) in [6.07, 6.45) is 1.77. The minimum atomic E-state index is -0.263. The van der Waals surface area contributed by atoms with E-state index < -0.39 is 0 Å². The van der Waals surface area contributed by atoms with Crippen LogP contribution in [0.3, 0.4) is 0 Å². The molecule has 33 heavy (non-hydrogen) atoms. The first-order valence-electron chi connectivity index (χ1n) is 10.2. The third-order valence-corrected chi connectivity index (χ3v) is 6.43. The monoisotopic (exact) mass is 495 g/mol. The molecule has 0 amide bonds. The molecule has 1 saturated heterocycles. The van der Waals surface area contributed by atoms with Gasteiger partial charge in [0.2, 0.25) is 0 Å². The highest BCUT2D eigenvalue weighted by Crippen LogP contribution is 2.43. The lowest BCUT2D eigenvalue weighted by Crippen LogP contribution is -2.29. The van der Waals surface area contributed by atoms with Crippen molar-refractivity contribution in [3.05, 3.63) is 100 Å². The molecule has 166 valence electrons. The highest BCUT2D eigenvalue weighted by Gasteiger charge is 2.42. The van der Waals surface area contributed by atoms with Crippen LogP contribution in [-0.2, 0) is 0 Å². The molecule has 3 heterocycles. The number of nitrogens with zero attached hydrogens (tertiary/aromatic N) is 2. The molecular weight excluding hydrogens is 477 g/mol. The van der Waals surface area contributed by atoms with Crippen molar-refractivity contribution in [2.24, 2.45) is 0 Å². The lowest BCUT2D eigenvalue weighted by atomic mass is 10.0. The van der Waals surface area contributed by atoms with Crippen molar-refractivity contribution in [1.29, 1.82) is 0 Å². The fraction of sp³-hybridized carbons (Fsp3) is 0.120. The number of benzene rings is 2. The quantitative estimate of drug-likeness (QED) is 0.306. The van der Waals surface area contributed by atoms with Gasteiger partial charge in [0.05, 0.1) is 23.9 Å². The highest BCUT2D eigenvalue weighted by molar-refractivity contribution is 7.80. The number of hydrogen-bond donors (Lipinski definition) is 1. The molecular formula is C25H19Cl2N3O2S.